The Morgan fingerprint density at radius 3 is 2.35 bits per heavy atom. The van der Waals surface area contributed by atoms with Crippen molar-refractivity contribution in [2.75, 3.05) is 0 Å². The van der Waals surface area contributed by atoms with Gasteiger partial charge < -0.3 is 5.11 Å². The minimum Gasteiger partial charge on any atom is -0.388 e. The van der Waals surface area contributed by atoms with Gasteiger partial charge in [0.2, 0.25) is 5.91 Å². The molecule has 1 fully saturated rings. The maximum atomic E-state index is 10.9. The van der Waals surface area contributed by atoms with Crippen molar-refractivity contribution in [1.82, 2.24) is 5.48 Å². The minimum absolute atomic E-state index is 0.295. The molecule has 23 heavy (non-hydrogen) atoms. The van der Waals surface area contributed by atoms with Crippen LogP contribution in [0.2, 0.25) is 0 Å². The number of benzene rings is 1. The minimum atomic E-state index is -0.477. The van der Waals surface area contributed by atoms with E-state index in [1.165, 1.54) is 44.1 Å². The molecule has 3 N–H and O–H groups in total. The first-order valence-corrected chi connectivity index (χ1v) is 8.91. The molecule has 0 aliphatic heterocycles. The number of amides is 1. The molecule has 1 aliphatic carbocycles. The molecule has 128 valence electrons. The van der Waals surface area contributed by atoms with E-state index in [0.717, 1.165) is 12.0 Å². The molecule has 1 aliphatic rings. The van der Waals surface area contributed by atoms with Crippen LogP contribution in [0.5, 0.6) is 0 Å². The predicted octanol–water partition coefficient (Wildman–Crippen LogP) is 4.22. The van der Waals surface area contributed by atoms with Crippen LogP contribution in [0.15, 0.2) is 24.3 Å². The Kier molecular flexibility index (Phi) is 7.56. The lowest BCUT2D eigenvalue weighted by Crippen LogP contribution is -2.17. The topological polar surface area (TPSA) is 69.6 Å². The van der Waals surface area contributed by atoms with Gasteiger partial charge in [0.15, 0.2) is 0 Å². The lowest BCUT2D eigenvalue weighted by molar-refractivity contribution is -0.129. The zero-order valence-corrected chi connectivity index (χ0v) is 13.8. The highest BCUT2D eigenvalue weighted by atomic mass is 16.5. The summed E-state index contributed by atoms with van der Waals surface area (Å²) in [5.74, 6) is 0.313. The Morgan fingerprint density at radius 2 is 1.74 bits per heavy atom. The first-order chi connectivity index (χ1) is 11.2. The standard InChI is InChI=1S/C19H29NO3/c21-18(9-5-6-10-19(22)20-23)17-13-11-16(12-14-17)15-7-3-1-2-4-8-15/h11-15,18,21,23H,1-10H2,(H,20,22). The summed E-state index contributed by atoms with van der Waals surface area (Å²) in [6.07, 6.45) is 9.85. The number of aliphatic hydroxyl groups excluding tert-OH is 1. The summed E-state index contributed by atoms with van der Waals surface area (Å²) < 4.78 is 0. The average molecular weight is 319 g/mol. The molecule has 2 rings (SSSR count). The Hall–Kier alpha value is -1.39. The first kappa shape index (κ1) is 18.0. The SMILES string of the molecule is O=C(CCCCC(O)c1ccc(C2CCCCCC2)cc1)NO. The zero-order chi connectivity index (χ0) is 16.5. The van der Waals surface area contributed by atoms with Crippen LogP contribution >= 0.6 is 0 Å². The molecule has 0 bridgehead atoms. The monoisotopic (exact) mass is 319 g/mol. The second-order valence-electron chi connectivity index (χ2n) is 6.65. The van der Waals surface area contributed by atoms with Crippen LogP contribution in [0.25, 0.3) is 0 Å². The lowest BCUT2D eigenvalue weighted by Gasteiger charge is -2.16. The van der Waals surface area contributed by atoms with Crippen LogP contribution < -0.4 is 5.48 Å². The number of hydroxylamine groups is 1. The number of unbranched alkanes of at least 4 members (excludes halogenated alkanes) is 1. The number of rotatable bonds is 7. The molecule has 0 radical (unpaired) electrons. The van der Waals surface area contributed by atoms with E-state index in [0.29, 0.717) is 25.2 Å². The normalized spacial score (nSPS) is 17.5. The molecule has 0 spiro atoms. The Bertz CT molecular complexity index is 464. The molecular formula is C19H29NO3. The number of nitrogens with one attached hydrogen (secondary N) is 1. The van der Waals surface area contributed by atoms with E-state index in [4.69, 9.17) is 5.21 Å². The van der Waals surface area contributed by atoms with Gasteiger partial charge in [0.05, 0.1) is 6.10 Å². The van der Waals surface area contributed by atoms with Crippen molar-refractivity contribution in [2.24, 2.45) is 0 Å². The number of hydrogen-bond acceptors (Lipinski definition) is 3. The number of carbonyl (C=O) groups excluding carboxylic acids is 1. The third-order valence-electron chi connectivity index (χ3n) is 4.90. The summed E-state index contributed by atoms with van der Waals surface area (Å²) in [6.45, 7) is 0. The largest absolute Gasteiger partial charge is 0.388 e. The number of aliphatic hydroxyl groups is 1. The summed E-state index contributed by atoms with van der Waals surface area (Å²) in [7, 11) is 0. The average Bonchev–Trinajstić information content (AvgIpc) is 2.87. The molecule has 1 aromatic carbocycles. The van der Waals surface area contributed by atoms with Crippen molar-refractivity contribution in [2.45, 2.75) is 76.2 Å². The van der Waals surface area contributed by atoms with E-state index in [9.17, 15) is 9.90 Å². The smallest absolute Gasteiger partial charge is 0.243 e. The quantitative estimate of drug-likeness (QED) is 0.305. The van der Waals surface area contributed by atoms with Gasteiger partial charge in [-0.3, -0.25) is 10.0 Å². The van der Waals surface area contributed by atoms with Crippen LogP contribution in [-0.4, -0.2) is 16.2 Å². The van der Waals surface area contributed by atoms with Crippen LogP contribution in [0, 0.1) is 0 Å². The molecule has 1 unspecified atom stereocenters. The summed E-state index contributed by atoms with van der Waals surface area (Å²) in [6, 6.07) is 8.44. The summed E-state index contributed by atoms with van der Waals surface area (Å²) in [4.78, 5) is 10.9. The molecule has 0 heterocycles. The van der Waals surface area contributed by atoms with Crippen molar-refractivity contribution in [1.29, 1.82) is 0 Å². The van der Waals surface area contributed by atoms with Crippen molar-refractivity contribution in [3.8, 4) is 0 Å². The Labute approximate surface area is 138 Å². The molecule has 1 atom stereocenters. The molecule has 4 nitrogen and oxygen atoms in total. The lowest BCUT2D eigenvalue weighted by atomic mass is 9.90. The summed E-state index contributed by atoms with van der Waals surface area (Å²) >= 11 is 0. The fraction of sp³-hybridized carbons (Fsp3) is 0.632. The summed E-state index contributed by atoms with van der Waals surface area (Å²) in [5.41, 5.74) is 3.98. The van der Waals surface area contributed by atoms with Gasteiger partial charge in [-0.2, -0.15) is 0 Å². The third-order valence-corrected chi connectivity index (χ3v) is 4.90. The Balaban J connectivity index is 1.80. The van der Waals surface area contributed by atoms with Crippen LogP contribution in [0.3, 0.4) is 0 Å². The van der Waals surface area contributed by atoms with Gasteiger partial charge in [-0.05, 0) is 42.7 Å². The highest BCUT2D eigenvalue weighted by Gasteiger charge is 2.15. The van der Waals surface area contributed by atoms with E-state index in [1.54, 1.807) is 5.48 Å². The van der Waals surface area contributed by atoms with Gasteiger partial charge in [-0.15, -0.1) is 0 Å². The number of hydrogen-bond donors (Lipinski definition) is 3. The highest BCUT2D eigenvalue weighted by molar-refractivity contribution is 5.74. The van der Waals surface area contributed by atoms with Gasteiger partial charge in [0, 0.05) is 6.42 Å². The molecule has 1 amide bonds. The molecule has 1 aromatic rings. The predicted molar refractivity (Wildman–Crippen MR) is 90.2 cm³/mol. The van der Waals surface area contributed by atoms with Crippen molar-refractivity contribution in [3.05, 3.63) is 35.4 Å². The van der Waals surface area contributed by atoms with Gasteiger partial charge in [0.25, 0.3) is 0 Å². The highest BCUT2D eigenvalue weighted by Crippen LogP contribution is 2.32. The van der Waals surface area contributed by atoms with Crippen molar-refractivity contribution in [3.63, 3.8) is 0 Å². The molecule has 4 heteroatoms. The maximum Gasteiger partial charge on any atom is 0.243 e. The van der Waals surface area contributed by atoms with Crippen LogP contribution in [0.1, 0.15) is 87.4 Å². The van der Waals surface area contributed by atoms with Crippen molar-refractivity contribution >= 4 is 5.91 Å². The van der Waals surface area contributed by atoms with E-state index in [1.807, 2.05) is 12.1 Å². The van der Waals surface area contributed by atoms with Gasteiger partial charge >= 0.3 is 0 Å². The third kappa shape index (κ3) is 5.96. The number of carbonyl (C=O) groups is 1. The molecular weight excluding hydrogens is 290 g/mol. The first-order valence-electron chi connectivity index (χ1n) is 8.91. The second-order valence-corrected chi connectivity index (χ2v) is 6.65. The maximum absolute atomic E-state index is 10.9. The molecule has 0 aromatic heterocycles. The van der Waals surface area contributed by atoms with E-state index in [-0.39, 0.29) is 5.91 Å². The van der Waals surface area contributed by atoms with Gasteiger partial charge in [-0.1, -0.05) is 56.4 Å². The van der Waals surface area contributed by atoms with Crippen molar-refractivity contribution < 1.29 is 15.1 Å². The molecule has 0 saturated heterocycles. The fourth-order valence-electron chi connectivity index (χ4n) is 3.45. The van der Waals surface area contributed by atoms with E-state index >= 15 is 0 Å². The summed E-state index contributed by atoms with van der Waals surface area (Å²) in [5, 5.41) is 18.7. The fourth-order valence-corrected chi connectivity index (χ4v) is 3.45. The second kappa shape index (κ2) is 9.68. The Morgan fingerprint density at radius 1 is 1.09 bits per heavy atom. The van der Waals surface area contributed by atoms with Crippen LogP contribution in [0.4, 0.5) is 0 Å². The van der Waals surface area contributed by atoms with E-state index < -0.39 is 6.10 Å². The van der Waals surface area contributed by atoms with Gasteiger partial charge in [-0.25, -0.2) is 5.48 Å². The molecule has 1 saturated carbocycles. The zero-order valence-electron chi connectivity index (χ0n) is 13.8. The van der Waals surface area contributed by atoms with E-state index in [2.05, 4.69) is 12.1 Å². The van der Waals surface area contributed by atoms with Crippen LogP contribution in [-0.2, 0) is 4.79 Å². The van der Waals surface area contributed by atoms with Gasteiger partial charge in [0.1, 0.15) is 0 Å².